The first-order valence-corrected chi connectivity index (χ1v) is 6.78. The Hall–Kier alpha value is -0.800. The Morgan fingerprint density at radius 3 is 2.76 bits per heavy atom. The molecule has 1 aromatic carbocycles. The van der Waals surface area contributed by atoms with Gasteiger partial charge in [-0.3, -0.25) is 0 Å². The van der Waals surface area contributed by atoms with Gasteiger partial charge in [0.25, 0.3) is 0 Å². The molecule has 1 saturated carbocycles. The number of anilines is 1. The standard InChI is InChI=1S/C13H17ClN2S/c1-2-7-16(10-4-5-10)12-8-9(14)3-6-11(12)13(15)17/h3,6,8,10H,2,4-5,7H2,1H3,(H2,15,17). The van der Waals surface area contributed by atoms with Crippen molar-refractivity contribution in [3.8, 4) is 0 Å². The number of hydrogen-bond acceptors (Lipinski definition) is 2. The van der Waals surface area contributed by atoms with E-state index in [0.717, 1.165) is 29.2 Å². The van der Waals surface area contributed by atoms with Gasteiger partial charge >= 0.3 is 0 Å². The zero-order chi connectivity index (χ0) is 12.4. The van der Waals surface area contributed by atoms with Crippen molar-refractivity contribution in [2.75, 3.05) is 11.4 Å². The van der Waals surface area contributed by atoms with Crippen LogP contribution in [0, 0.1) is 0 Å². The summed E-state index contributed by atoms with van der Waals surface area (Å²) in [5.41, 5.74) is 7.81. The van der Waals surface area contributed by atoms with Crippen molar-refractivity contribution in [2.24, 2.45) is 5.73 Å². The third-order valence-corrected chi connectivity index (χ3v) is 3.44. The largest absolute Gasteiger partial charge is 0.389 e. The molecule has 0 spiro atoms. The Morgan fingerprint density at radius 2 is 2.24 bits per heavy atom. The van der Waals surface area contributed by atoms with Crippen molar-refractivity contribution < 1.29 is 0 Å². The summed E-state index contributed by atoms with van der Waals surface area (Å²) in [7, 11) is 0. The summed E-state index contributed by atoms with van der Waals surface area (Å²) in [6, 6.07) is 6.38. The maximum absolute atomic E-state index is 6.08. The predicted molar refractivity (Wildman–Crippen MR) is 78.0 cm³/mol. The fourth-order valence-corrected chi connectivity index (χ4v) is 2.42. The number of nitrogens with zero attached hydrogens (tertiary/aromatic N) is 1. The molecule has 17 heavy (non-hydrogen) atoms. The van der Waals surface area contributed by atoms with E-state index in [4.69, 9.17) is 29.6 Å². The fraction of sp³-hybridized carbons (Fsp3) is 0.462. The van der Waals surface area contributed by atoms with Crippen molar-refractivity contribution in [1.82, 2.24) is 0 Å². The van der Waals surface area contributed by atoms with Gasteiger partial charge in [-0.15, -0.1) is 0 Å². The summed E-state index contributed by atoms with van der Waals surface area (Å²) < 4.78 is 0. The highest BCUT2D eigenvalue weighted by Gasteiger charge is 2.30. The molecule has 0 saturated heterocycles. The van der Waals surface area contributed by atoms with Crippen LogP contribution in [-0.4, -0.2) is 17.6 Å². The van der Waals surface area contributed by atoms with Crippen LogP contribution >= 0.6 is 23.8 Å². The average Bonchev–Trinajstić information content (AvgIpc) is 3.09. The number of nitrogens with two attached hydrogens (primary N) is 1. The van der Waals surface area contributed by atoms with E-state index in [1.54, 1.807) is 0 Å². The summed E-state index contributed by atoms with van der Waals surface area (Å²) in [5.74, 6) is 0. The van der Waals surface area contributed by atoms with E-state index in [1.165, 1.54) is 12.8 Å². The highest BCUT2D eigenvalue weighted by molar-refractivity contribution is 7.80. The number of halogens is 1. The number of rotatable bonds is 5. The lowest BCUT2D eigenvalue weighted by atomic mass is 10.1. The van der Waals surface area contributed by atoms with Gasteiger partial charge < -0.3 is 10.6 Å². The summed E-state index contributed by atoms with van der Waals surface area (Å²) in [4.78, 5) is 2.83. The minimum absolute atomic E-state index is 0.443. The molecule has 1 aliphatic carbocycles. The van der Waals surface area contributed by atoms with Gasteiger partial charge in [0.2, 0.25) is 0 Å². The summed E-state index contributed by atoms with van der Waals surface area (Å²) in [6.07, 6.45) is 3.62. The van der Waals surface area contributed by atoms with Crippen molar-refractivity contribution in [1.29, 1.82) is 0 Å². The quantitative estimate of drug-likeness (QED) is 0.831. The summed E-state index contributed by atoms with van der Waals surface area (Å²) in [6.45, 7) is 3.21. The second-order valence-electron chi connectivity index (χ2n) is 4.45. The normalized spacial score (nSPS) is 14.7. The van der Waals surface area contributed by atoms with Gasteiger partial charge in [-0.1, -0.05) is 30.7 Å². The molecule has 2 nitrogen and oxygen atoms in total. The van der Waals surface area contributed by atoms with E-state index in [9.17, 15) is 0 Å². The van der Waals surface area contributed by atoms with E-state index in [0.29, 0.717) is 11.0 Å². The molecule has 0 bridgehead atoms. The van der Waals surface area contributed by atoms with Gasteiger partial charge in [0.1, 0.15) is 4.99 Å². The zero-order valence-electron chi connectivity index (χ0n) is 9.95. The van der Waals surface area contributed by atoms with Crippen LogP contribution in [-0.2, 0) is 0 Å². The molecule has 92 valence electrons. The highest BCUT2D eigenvalue weighted by Crippen LogP contribution is 2.35. The predicted octanol–water partition coefficient (Wildman–Crippen LogP) is 3.35. The van der Waals surface area contributed by atoms with Crippen molar-refractivity contribution in [3.63, 3.8) is 0 Å². The molecule has 4 heteroatoms. The van der Waals surface area contributed by atoms with Gasteiger partial charge in [0, 0.05) is 28.9 Å². The van der Waals surface area contributed by atoms with Crippen LogP contribution in [0.4, 0.5) is 5.69 Å². The van der Waals surface area contributed by atoms with Crippen LogP contribution in [0.3, 0.4) is 0 Å². The molecular formula is C13H17ClN2S. The van der Waals surface area contributed by atoms with Crippen LogP contribution < -0.4 is 10.6 Å². The van der Waals surface area contributed by atoms with E-state index in [2.05, 4.69) is 11.8 Å². The number of benzene rings is 1. The first-order valence-electron chi connectivity index (χ1n) is 5.99. The lowest BCUT2D eigenvalue weighted by molar-refractivity contribution is 0.762. The van der Waals surface area contributed by atoms with Crippen molar-refractivity contribution in [3.05, 3.63) is 28.8 Å². The van der Waals surface area contributed by atoms with Crippen LogP contribution in [0.5, 0.6) is 0 Å². The smallest absolute Gasteiger partial charge is 0.106 e. The SMILES string of the molecule is CCCN(c1cc(Cl)ccc1C(N)=S)C1CC1. The second kappa shape index (κ2) is 5.23. The fourth-order valence-electron chi connectivity index (χ4n) is 2.08. The Morgan fingerprint density at radius 1 is 1.53 bits per heavy atom. The first-order chi connectivity index (χ1) is 8.13. The highest BCUT2D eigenvalue weighted by atomic mass is 35.5. The van der Waals surface area contributed by atoms with Gasteiger partial charge in [-0.2, -0.15) is 0 Å². The van der Waals surface area contributed by atoms with Gasteiger partial charge in [0.05, 0.1) is 0 Å². The Balaban J connectivity index is 2.39. The molecule has 1 fully saturated rings. The van der Waals surface area contributed by atoms with Crippen LogP contribution in [0.2, 0.25) is 5.02 Å². The Kier molecular flexibility index (Phi) is 3.89. The molecule has 0 unspecified atom stereocenters. The Labute approximate surface area is 113 Å². The van der Waals surface area contributed by atoms with Crippen LogP contribution in [0.25, 0.3) is 0 Å². The van der Waals surface area contributed by atoms with Crippen molar-refractivity contribution in [2.45, 2.75) is 32.2 Å². The molecule has 0 atom stereocenters. The van der Waals surface area contributed by atoms with E-state index in [-0.39, 0.29) is 0 Å². The van der Waals surface area contributed by atoms with Gasteiger partial charge in [0.15, 0.2) is 0 Å². The molecule has 1 aliphatic rings. The molecular weight excluding hydrogens is 252 g/mol. The lowest BCUT2D eigenvalue weighted by Gasteiger charge is -2.26. The zero-order valence-corrected chi connectivity index (χ0v) is 11.5. The first kappa shape index (κ1) is 12.7. The topological polar surface area (TPSA) is 29.3 Å². The molecule has 2 N–H and O–H groups in total. The third-order valence-electron chi connectivity index (χ3n) is 2.99. The minimum atomic E-state index is 0.443. The minimum Gasteiger partial charge on any atom is -0.389 e. The van der Waals surface area contributed by atoms with Crippen molar-refractivity contribution >= 4 is 34.5 Å². The van der Waals surface area contributed by atoms with E-state index < -0.39 is 0 Å². The van der Waals surface area contributed by atoms with Gasteiger partial charge in [-0.25, -0.2) is 0 Å². The summed E-state index contributed by atoms with van der Waals surface area (Å²) in [5, 5.41) is 0.738. The molecule has 2 rings (SSSR count). The maximum atomic E-state index is 6.08. The Bertz CT molecular complexity index is 429. The lowest BCUT2D eigenvalue weighted by Crippen LogP contribution is -2.29. The van der Waals surface area contributed by atoms with E-state index >= 15 is 0 Å². The number of thiocarbonyl (C=S) groups is 1. The van der Waals surface area contributed by atoms with Crippen LogP contribution in [0.15, 0.2) is 18.2 Å². The molecule has 1 aromatic rings. The molecule has 0 heterocycles. The third kappa shape index (κ3) is 2.90. The maximum Gasteiger partial charge on any atom is 0.106 e. The summed E-state index contributed by atoms with van der Waals surface area (Å²) >= 11 is 11.2. The molecule has 0 aromatic heterocycles. The monoisotopic (exact) mass is 268 g/mol. The molecule has 0 aliphatic heterocycles. The average molecular weight is 269 g/mol. The second-order valence-corrected chi connectivity index (χ2v) is 5.33. The van der Waals surface area contributed by atoms with E-state index in [1.807, 2.05) is 18.2 Å². The molecule has 0 amide bonds. The molecule has 0 radical (unpaired) electrons. The number of hydrogen-bond donors (Lipinski definition) is 1. The van der Waals surface area contributed by atoms with Gasteiger partial charge in [-0.05, 0) is 37.5 Å². The van der Waals surface area contributed by atoms with Crippen LogP contribution in [0.1, 0.15) is 31.7 Å².